The molecule has 2 aliphatic rings. The maximum Gasteiger partial charge on any atom is 0.245 e. The van der Waals surface area contributed by atoms with Crippen LogP contribution in [0.15, 0.2) is 58.5 Å². The number of rotatable bonds is 20. The Labute approximate surface area is 332 Å². The lowest BCUT2D eigenvalue weighted by Gasteiger charge is -2.32. The lowest BCUT2D eigenvalue weighted by Crippen LogP contribution is -2.54. The van der Waals surface area contributed by atoms with Gasteiger partial charge in [0.05, 0.1) is 24.5 Å². The van der Waals surface area contributed by atoms with Crippen molar-refractivity contribution in [2.45, 2.75) is 95.8 Å². The molecule has 2 saturated heterocycles. The third kappa shape index (κ3) is 15.5. The van der Waals surface area contributed by atoms with E-state index < -0.39 is 12.1 Å². The third-order valence-electron chi connectivity index (χ3n) is 9.58. The fourth-order valence-electron chi connectivity index (χ4n) is 6.63. The Bertz CT molecular complexity index is 1630. The van der Waals surface area contributed by atoms with Crippen molar-refractivity contribution in [1.82, 2.24) is 31.1 Å². The summed E-state index contributed by atoms with van der Waals surface area (Å²) in [5.74, 6) is -1.62. The van der Waals surface area contributed by atoms with Gasteiger partial charge in [-0.05, 0) is 73.9 Å². The highest BCUT2D eigenvalue weighted by molar-refractivity contribution is 5.92. The molecule has 0 aromatic heterocycles. The molecule has 18 heteroatoms. The summed E-state index contributed by atoms with van der Waals surface area (Å²) >= 11 is 0. The summed E-state index contributed by atoms with van der Waals surface area (Å²) in [6, 6.07) is 12.8. The first-order valence-electron chi connectivity index (χ1n) is 19.4. The first-order chi connectivity index (χ1) is 27.4. The van der Waals surface area contributed by atoms with Gasteiger partial charge in [-0.2, -0.15) is 0 Å². The number of nitrogens with two attached hydrogens (primary N) is 4. The molecule has 12 N–H and O–H groups in total. The van der Waals surface area contributed by atoms with Gasteiger partial charge in [-0.15, -0.1) is 0 Å². The average Bonchev–Trinajstić information content (AvgIpc) is 3.16. The first kappa shape index (κ1) is 43.5. The Morgan fingerprint density at radius 2 is 0.930 bits per heavy atom. The predicted molar refractivity (Wildman–Crippen MR) is 215 cm³/mol. The Morgan fingerprint density at radius 3 is 1.30 bits per heavy atom. The maximum atomic E-state index is 13.0. The number of piperidine rings is 2. The number of nitrogens with one attached hydrogen (secondary N) is 4. The van der Waals surface area contributed by atoms with Gasteiger partial charge in [-0.3, -0.25) is 28.8 Å². The van der Waals surface area contributed by atoms with Crippen LogP contribution in [-0.4, -0.2) is 95.4 Å². The number of guanidine groups is 2. The molecule has 308 valence electrons. The van der Waals surface area contributed by atoms with Gasteiger partial charge in [-0.25, -0.2) is 9.98 Å². The van der Waals surface area contributed by atoms with E-state index in [1.165, 1.54) is 9.80 Å². The normalized spacial score (nSPS) is 16.6. The van der Waals surface area contributed by atoms with Crippen LogP contribution in [0.25, 0.3) is 0 Å². The third-order valence-corrected chi connectivity index (χ3v) is 9.58. The molecular formula is C39H56N12O6. The smallest absolute Gasteiger partial charge is 0.245 e. The molecule has 0 saturated carbocycles. The van der Waals surface area contributed by atoms with Gasteiger partial charge in [0.2, 0.25) is 35.4 Å². The monoisotopic (exact) mass is 788 g/mol. The van der Waals surface area contributed by atoms with Crippen LogP contribution in [0.1, 0.15) is 81.8 Å². The van der Waals surface area contributed by atoms with E-state index in [9.17, 15) is 28.8 Å². The number of likely N-dealkylation sites (tertiary alicyclic amines) is 2. The summed E-state index contributed by atoms with van der Waals surface area (Å²) in [6.45, 7) is 1.27. The van der Waals surface area contributed by atoms with E-state index in [0.717, 1.165) is 30.4 Å². The molecule has 0 spiro atoms. The molecule has 2 aromatic carbocycles. The van der Waals surface area contributed by atoms with Crippen LogP contribution in [0.5, 0.6) is 0 Å². The number of carbonyl (C=O) groups is 6. The van der Waals surface area contributed by atoms with Gasteiger partial charge >= 0.3 is 0 Å². The molecule has 2 atom stereocenters. The molecular weight excluding hydrogens is 733 g/mol. The summed E-state index contributed by atoms with van der Waals surface area (Å²) < 4.78 is 0. The van der Waals surface area contributed by atoms with Gasteiger partial charge in [0.25, 0.3) is 0 Å². The summed E-state index contributed by atoms with van der Waals surface area (Å²) in [5, 5.41) is 11.3. The molecule has 2 unspecified atom stereocenters. The minimum absolute atomic E-state index is 0.0432. The molecule has 2 fully saturated rings. The van der Waals surface area contributed by atoms with E-state index >= 15 is 0 Å². The Kier molecular flexibility index (Phi) is 17.1. The van der Waals surface area contributed by atoms with E-state index in [1.807, 2.05) is 0 Å². The standard InChI is InChI=1S/C39H56N12O6/c40-38(41)46-28-16-12-26(13-17-28)22-44-34(54)24-50-20-6-8-30(36(50)56)48-32(52)10-4-2-1-3-5-11-33(53)49-31-9-7-21-51(37(31)57)25-35(55)45-23-27-14-18-29(19-15-27)47-39(42)43/h12-19,30-31H,1-11,20-25H2,(H,44,54)(H,45,55)(H,48,52)(H,49,53)(H4,40,41,46)(H4,42,43,47). The number of nitrogens with zero attached hydrogens (tertiary/aromatic N) is 4. The largest absolute Gasteiger partial charge is 0.370 e. The van der Waals surface area contributed by atoms with Crippen LogP contribution >= 0.6 is 0 Å². The van der Waals surface area contributed by atoms with Crippen molar-refractivity contribution >= 4 is 58.7 Å². The van der Waals surface area contributed by atoms with Crippen molar-refractivity contribution in [1.29, 1.82) is 0 Å². The summed E-state index contributed by atoms with van der Waals surface area (Å²) in [7, 11) is 0. The minimum Gasteiger partial charge on any atom is -0.370 e. The van der Waals surface area contributed by atoms with Gasteiger partial charge in [0, 0.05) is 39.0 Å². The van der Waals surface area contributed by atoms with Gasteiger partial charge in [0.15, 0.2) is 11.9 Å². The summed E-state index contributed by atoms with van der Waals surface area (Å²) in [4.78, 5) is 87.3. The zero-order chi connectivity index (χ0) is 41.2. The van der Waals surface area contributed by atoms with E-state index in [4.69, 9.17) is 22.9 Å². The van der Waals surface area contributed by atoms with Crippen LogP contribution in [-0.2, 0) is 41.9 Å². The second-order valence-corrected chi connectivity index (χ2v) is 14.3. The maximum absolute atomic E-state index is 13.0. The molecule has 4 rings (SSSR count). The van der Waals surface area contributed by atoms with Crippen LogP contribution in [0.2, 0.25) is 0 Å². The highest BCUT2D eigenvalue weighted by Crippen LogP contribution is 2.16. The van der Waals surface area contributed by atoms with E-state index in [2.05, 4.69) is 31.3 Å². The highest BCUT2D eigenvalue weighted by Gasteiger charge is 2.32. The van der Waals surface area contributed by atoms with Gasteiger partial charge in [-0.1, -0.05) is 43.5 Å². The van der Waals surface area contributed by atoms with Crippen molar-refractivity contribution in [3.05, 3.63) is 59.7 Å². The molecule has 0 bridgehead atoms. The average molecular weight is 789 g/mol. The van der Waals surface area contributed by atoms with Crippen LogP contribution in [0.3, 0.4) is 0 Å². The van der Waals surface area contributed by atoms with Crippen LogP contribution in [0, 0.1) is 0 Å². The topological polar surface area (TPSA) is 286 Å². The molecule has 2 aromatic rings. The van der Waals surface area contributed by atoms with Crippen molar-refractivity contribution in [2.24, 2.45) is 32.9 Å². The Balaban J connectivity index is 1.04. The molecule has 6 amide bonds. The molecule has 57 heavy (non-hydrogen) atoms. The van der Waals surface area contributed by atoms with Crippen molar-refractivity contribution < 1.29 is 28.8 Å². The van der Waals surface area contributed by atoms with E-state index in [1.54, 1.807) is 48.5 Å². The Morgan fingerprint density at radius 1 is 0.561 bits per heavy atom. The Hall–Kier alpha value is -6.20. The SMILES string of the molecule is NC(N)=Nc1ccc(CNC(=O)CN2CCCC(NC(=O)CCCCCCCC(=O)NC3CCCN(CC(=O)NCc4ccc(N=C(N)N)cc4)C3=O)C2=O)cc1. The molecule has 0 aliphatic carbocycles. The number of benzene rings is 2. The number of hydrogen-bond acceptors (Lipinski definition) is 8. The lowest BCUT2D eigenvalue weighted by atomic mass is 10.0. The zero-order valence-corrected chi connectivity index (χ0v) is 32.3. The summed E-state index contributed by atoms with van der Waals surface area (Å²) in [6.07, 6.45) is 6.64. The van der Waals surface area contributed by atoms with Gasteiger partial charge < -0.3 is 54.0 Å². The number of amides is 6. The van der Waals surface area contributed by atoms with Gasteiger partial charge in [0.1, 0.15) is 12.1 Å². The number of aliphatic imine (C=N–C) groups is 2. The van der Waals surface area contributed by atoms with E-state index in [-0.39, 0.29) is 86.4 Å². The molecule has 18 nitrogen and oxygen atoms in total. The molecule has 0 radical (unpaired) electrons. The van der Waals surface area contributed by atoms with Crippen LogP contribution < -0.4 is 44.2 Å². The fraction of sp³-hybridized carbons (Fsp3) is 0.487. The van der Waals surface area contributed by atoms with Crippen LogP contribution in [0.4, 0.5) is 11.4 Å². The summed E-state index contributed by atoms with van der Waals surface area (Å²) in [5.41, 5.74) is 24.4. The quantitative estimate of drug-likeness (QED) is 0.0518. The fourth-order valence-corrected chi connectivity index (χ4v) is 6.63. The molecule has 2 aliphatic heterocycles. The van der Waals surface area contributed by atoms with E-state index in [0.29, 0.717) is 63.0 Å². The van der Waals surface area contributed by atoms with Crippen molar-refractivity contribution in [3.8, 4) is 0 Å². The minimum atomic E-state index is -0.658. The second-order valence-electron chi connectivity index (χ2n) is 14.3. The molecule has 2 heterocycles. The highest BCUT2D eigenvalue weighted by atomic mass is 16.2. The second kappa shape index (κ2) is 22.4. The predicted octanol–water partition coefficient (Wildman–Crippen LogP) is 0.374. The number of unbranched alkanes of at least 4 members (excludes halogenated alkanes) is 4. The lowest BCUT2D eigenvalue weighted by molar-refractivity contribution is -0.141. The number of carbonyl (C=O) groups excluding carboxylic acids is 6. The zero-order valence-electron chi connectivity index (χ0n) is 32.3. The van der Waals surface area contributed by atoms with Crippen molar-refractivity contribution in [2.75, 3.05) is 26.2 Å². The van der Waals surface area contributed by atoms with Crippen molar-refractivity contribution in [3.63, 3.8) is 0 Å². The number of hydrogen-bond donors (Lipinski definition) is 8. The first-order valence-corrected chi connectivity index (χ1v) is 19.4.